The molecule has 0 fully saturated rings. The molecule has 1 aromatic carbocycles. The summed E-state index contributed by atoms with van der Waals surface area (Å²) in [5, 5.41) is 10.5. The number of rotatable bonds is 2. The maximum absolute atomic E-state index is 12.6. The van der Waals surface area contributed by atoms with Crippen molar-refractivity contribution in [3.05, 3.63) is 63.7 Å². The number of nitro groups is 1. The second-order valence-electron chi connectivity index (χ2n) is 4.40. The first kappa shape index (κ1) is 16.3. The minimum atomic E-state index is -4.67. The van der Waals surface area contributed by atoms with Crippen LogP contribution >= 0.6 is 0 Å². The molecule has 0 spiro atoms. The Hall–Kier alpha value is -3.10. The normalized spacial score (nSPS) is 16.4. The fourth-order valence-corrected chi connectivity index (χ4v) is 1.68. The number of non-ortho nitro benzene ring substituents is 1. The number of alkyl halides is 3. The van der Waals surface area contributed by atoms with E-state index in [9.17, 15) is 32.9 Å². The molecular formula is C14H7F3N2O4. The Labute approximate surface area is 126 Å². The molecule has 2 rings (SSSR count). The van der Waals surface area contributed by atoms with Crippen molar-refractivity contribution in [1.29, 1.82) is 0 Å². The van der Waals surface area contributed by atoms with Gasteiger partial charge in [-0.25, -0.2) is 4.99 Å². The van der Waals surface area contributed by atoms with Crippen LogP contribution in [0.1, 0.15) is 10.4 Å². The van der Waals surface area contributed by atoms with Crippen LogP contribution in [0.15, 0.2) is 53.1 Å². The van der Waals surface area contributed by atoms with E-state index in [0.717, 1.165) is 24.3 Å². The lowest BCUT2D eigenvalue weighted by Crippen LogP contribution is -2.20. The summed E-state index contributed by atoms with van der Waals surface area (Å²) in [6, 6.07) is 4.30. The molecule has 0 atom stereocenters. The van der Waals surface area contributed by atoms with Crippen molar-refractivity contribution in [3.63, 3.8) is 0 Å². The maximum atomic E-state index is 12.6. The summed E-state index contributed by atoms with van der Waals surface area (Å²) in [5.41, 5.74) is -2.10. The Morgan fingerprint density at radius 3 is 2.26 bits per heavy atom. The number of halogens is 3. The van der Waals surface area contributed by atoms with E-state index in [1.807, 2.05) is 0 Å². The van der Waals surface area contributed by atoms with Crippen molar-refractivity contribution >= 4 is 23.1 Å². The van der Waals surface area contributed by atoms with Crippen LogP contribution in [-0.4, -0.2) is 28.5 Å². The van der Waals surface area contributed by atoms with E-state index in [0.29, 0.717) is 18.2 Å². The molecule has 0 aliphatic heterocycles. The first-order chi connectivity index (χ1) is 10.7. The Morgan fingerprint density at radius 1 is 1.13 bits per heavy atom. The van der Waals surface area contributed by atoms with Gasteiger partial charge in [0.25, 0.3) is 11.6 Å². The van der Waals surface area contributed by atoms with E-state index in [4.69, 9.17) is 0 Å². The van der Waals surface area contributed by atoms with Crippen molar-refractivity contribution < 1.29 is 27.7 Å². The second kappa shape index (κ2) is 5.95. The van der Waals surface area contributed by atoms with E-state index < -0.39 is 34.1 Å². The zero-order chi connectivity index (χ0) is 17.2. The third kappa shape index (κ3) is 3.76. The molecule has 0 radical (unpaired) electrons. The van der Waals surface area contributed by atoms with E-state index in [1.165, 1.54) is 0 Å². The molecule has 0 unspecified atom stereocenters. The van der Waals surface area contributed by atoms with Crippen molar-refractivity contribution in [2.45, 2.75) is 6.18 Å². The Kier molecular flexibility index (Phi) is 4.21. The zero-order valence-corrected chi connectivity index (χ0v) is 11.2. The molecule has 1 amide bonds. The molecule has 6 nitrogen and oxygen atoms in total. The van der Waals surface area contributed by atoms with Crippen LogP contribution in [0.25, 0.3) is 0 Å². The van der Waals surface area contributed by atoms with E-state index in [2.05, 4.69) is 4.99 Å². The van der Waals surface area contributed by atoms with Crippen LogP contribution in [0.2, 0.25) is 0 Å². The van der Waals surface area contributed by atoms with Crippen LogP contribution in [-0.2, 0) is 4.79 Å². The largest absolute Gasteiger partial charge is 0.416 e. The fraction of sp³-hybridized carbons (Fsp3) is 0.0714. The number of amides is 1. The summed E-state index contributed by atoms with van der Waals surface area (Å²) in [5.74, 6) is -1.82. The molecule has 0 aromatic heterocycles. The van der Waals surface area contributed by atoms with E-state index in [-0.39, 0.29) is 11.3 Å². The van der Waals surface area contributed by atoms with Gasteiger partial charge in [0.15, 0.2) is 0 Å². The Balaban J connectivity index is 2.31. The monoisotopic (exact) mass is 324 g/mol. The SMILES string of the molecule is O=C1C=CC(C(F)(F)F)=CC1=NC(=O)c1ccc([N+](=O)[O-])cc1. The highest BCUT2D eigenvalue weighted by molar-refractivity contribution is 6.50. The van der Waals surface area contributed by atoms with Gasteiger partial charge >= 0.3 is 6.18 Å². The van der Waals surface area contributed by atoms with E-state index in [1.54, 1.807) is 0 Å². The molecular weight excluding hydrogens is 317 g/mol. The molecule has 23 heavy (non-hydrogen) atoms. The van der Waals surface area contributed by atoms with Crippen LogP contribution in [0.4, 0.5) is 18.9 Å². The summed E-state index contributed by atoms with van der Waals surface area (Å²) < 4.78 is 37.8. The van der Waals surface area contributed by atoms with Gasteiger partial charge in [-0.3, -0.25) is 19.7 Å². The van der Waals surface area contributed by atoms with Gasteiger partial charge in [-0.2, -0.15) is 13.2 Å². The minimum absolute atomic E-state index is 0.0904. The van der Waals surface area contributed by atoms with Gasteiger partial charge in [-0.1, -0.05) is 0 Å². The predicted octanol–water partition coefficient (Wildman–Crippen LogP) is 2.80. The van der Waals surface area contributed by atoms with Crippen LogP contribution in [0.5, 0.6) is 0 Å². The summed E-state index contributed by atoms with van der Waals surface area (Å²) in [7, 11) is 0. The average molecular weight is 324 g/mol. The van der Waals surface area contributed by atoms with Crippen molar-refractivity contribution in [3.8, 4) is 0 Å². The standard InChI is InChI=1S/C14H7F3N2O4/c15-14(16,17)9-3-6-12(20)11(7-9)18-13(21)8-1-4-10(5-2-8)19(22)23/h1-7H. The number of aliphatic imine (C=N–C) groups is 1. The predicted molar refractivity (Wildman–Crippen MR) is 73.1 cm³/mol. The topological polar surface area (TPSA) is 89.6 Å². The van der Waals surface area contributed by atoms with Crippen molar-refractivity contribution in [2.75, 3.05) is 0 Å². The van der Waals surface area contributed by atoms with Gasteiger partial charge in [0.1, 0.15) is 5.71 Å². The van der Waals surface area contributed by atoms with Gasteiger partial charge in [0, 0.05) is 17.7 Å². The summed E-state index contributed by atoms with van der Waals surface area (Å²) in [6.07, 6.45) is -2.93. The molecule has 0 heterocycles. The van der Waals surface area contributed by atoms with Crippen molar-refractivity contribution in [2.24, 2.45) is 4.99 Å². The van der Waals surface area contributed by atoms with Gasteiger partial charge < -0.3 is 0 Å². The molecule has 0 N–H and O–H groups in total. The quantitative estimate of drug-likeness (QED) is 0.475. The first-order valence-electron chi connectivity index (χ1n) is 6.07. The minimum Gasteiger partial charge on any atom is -0.288 e. The second-order valence-corrected chi connectivity index (χ2v) is 4.40. The Morgan fingerprint density at radius 2 is 1.74 bits per heavy atom. The smallest absolute Gasteiger partial charge is 0.288 e. The molecule has 118 valence electrons. The van der Waals surface area contributed by atoms with Gasteiger partial charge in [0.2, 0.25) is 5.78 Å². The highest BCUT2D eigenvalue weighted by atomic mass is 19.4. The highest BCUT2D eigenvalue weighted by Crippen LogP contribution is 2.28. The molecule has 0 saturated heterocycles. The van der Waals surface area contributed by atoms with Gasteiger partial charge in [-0.05, 0) is 30.4 Å². The summed E-state index contributed by atoms with van der Waals surface area (Å²) in [4.78, 5) is 36.5. The third-order valence-electron chi connectivity index (χ3n) is 2.83. The maximum Gasteiger partial charge on any atom is 0.416 e. The number of ketones is 1. The molecule has 1 aliphatic carbocycles. The molecule has 0 bridgehead atoms. The van der Waals surface area contributed by atoms with Crippen molar-refractivity contribution in [1.82, 2.24) is 0 Å². The number of carbonyl (C=O) groups is 2. The van der Waals surface area contributed by atoms with Gasteiger partial charge in [-0.15, -0.1) is 0 Å². The van der Waals surface area contributed by atoms with Crippen LogP contribution < -0.4 is 0 Å². The highest BCUT2D eigenvalue weighted by Gasteiger charge is 2.34. The number of hydrogen-bond donors (Lipinski definition) is 0. The number of hydrogen-bond acceptors (Lipinski definition) is 4. The molecule has 0 saturated carbocycles. The molecule has 1 aromatic rings. The third-order valence-corrected chi connectivity index (χ3v) is 2.83. The fourth-order valence-electron chi connectivity index (χ4n) is 1.68. The van der Waals surface area contributed by atoms with Gasteiger partial charge in [0.05, 0.1) is 10.5 Å². The lowest BCUT2D eigenvalue weighted by atomic mass is 10.0. The molecule has 9 heteroatoms. The number of nitro benzene ring substituents is 1. The Bertz CT molecular complexity index is 774. The zero-order valence-electron chi connectivity index (χ0n) is 11.2. The number of allylic oxidation sites excluding steroid dienone is 4. The number of nitrogens with zero attached hydrogens (tertiary/aromatic N) is 2. The summed E-state index contributed by atoms with van der Waals surface area (Å²) in [6.45, 7) is 0. The first-order valence-corrected chi connectivity index (χ1v) is 6.07. The number of carbonyl (C=O) groups excluding carboxylic acids is 2. The lowest BCUT2D eigenvalue weighted by Gasteiger charge is -2.11. The van der Waals surface area contributed by atoms with Crippen LogP contribution in [0, 0.1) is 10.1 Å². The average Bonchev–Trinajstić information content (AvgIpc) is 2.48. The molecule has 1 aliphatic rings. The van der Waals surface area contributed by atoms with Crippen LogP contribution in [0.3, 0.4) is 0 Å². The number of benzene rings is 1. The summed E-state index contributed by atoms with van der Waals surface area (Å²) >= 11 is 0. The van der Waals surface area contributed by atoms with E-state index >= 15 is 0 Å². The lowest BCUT2D eigenvalue weighted by molar-refractivity contribution is -0.384.